The van der Waals surface area contributed by atoms with Crippen LogP contribution in [0.15, 0.2) is 75.9 Å². The highest BCUT2D eigenvalue weighted by atomic mass is 32.1. The summed E-state index contributed by atoms with van der Waals surface area (Å²) < 4.78 is 5.22. The number of carbonyl (C=O) groups is 2. The molecule has 1 N–H and O–H groups in total. The second-order valence-electron chi connectivity index (χ2n) is 6.40. The lowest BCUT2D eigenvalue weighted by Gasteiger charge is -2.26. The zero-order valence-corrected chi connectivity index (χ0v) is 15.4. The Morgan fingerprint density at radius 1 is 1.22 bits per heavy atom. The van der Waals surface area contributed by atoms with Crippen molar-refractivity contribution in [1.82, 2.24) is 4.90 Å². The predicted molar refractivity (Wildman–Crippen MR) is 101 cm³/mol. The van der Waals surface area contributed by atoms with E-state index < -0.39 is 23.5 Å². The molecule has 1 unspecified atom stereocenters. The third-order valence-corrected chi connectivity index (χ3v) is 5.42. The first-order valence-electron chi connectivity index (χ1n) is 8.47. The quantitative estimate of drug-likeness (QED) is 0.666. The van der Waals surface area contributed by atoms with Crippen LogP contribution in [0.5, 0.6) is 0 Å². The number of hydrogen-bond donors (Lipinski definition) is 1. The van der Waals surface area contributed by atoms with E-state index in [1.165, 1.54) is 28.6 Å². The third-order valence-electron chi connectivity index (χ3n) is 4.56. The van der Waals surface area contributed by atoms with Crippen molar-refractivity contribution in [1.29, 1.82) is 0 Å². The van der Waals surface area contributed by atoms with Crippen LogP contribution in [0.4, 0.5) is 0 Å². The van der Waals surface area contributed by atoms with Gasteiger partial charge in [0.25, 0.3) is 5.91 Å². The minimum absolute atomic E-state index is 0.0529. The third kappa shape index (κ3) is 3.08. The highest BCUT2D eigenvalue weighted by Crippen LogP contribution is 2.40. The molecule has 0 aliphatic carbocycles. The van der Waals surface area contributed by atoms with Gasteiger partial charge in [-0.1, -0.05) is 35.9 Å². The van der Waals surface area contributed by atoms with Crippen molar-refractivity contribution in [3.8, 4) is 0 Å². The molecule has 1 atom stereocenters. The lowest BCUT2D eigenvalue weighted by Crippen LogP contribution is -2.30. The van der Waals surface area contributed by atoms with Crippen molar-refractivity contribution in [3.05, 3.63) is 93.3 Å². The molecular weight excluding hydrogens is 362 g/mol. The van der Waals surface area contributed by atoms with E-state index in [1.807, 2.05) is 48.7 Å². The maximum absolute atomic E-state index is 13.0. The van der Waals surface area contributed by atoms with Gasteiger partial charge in [0, 0.05) is 4.88 Å². The van der Waals surface area contributed by atoms with Crippen molar-refractivity contribution in [3.63, 3.8) is 0 Å². The van der Waals surface area contributed by atoms with E-state index >= 15 is 0 Å². The van der Waals surface area contributed by atoms with Gasteiger partial charge in [0.15, 0.2) is 11.5 Å². The fourth-order valence-electron chi connectivity index (χ4n) is 3.35. The summed E-state index contributed by atoms with van der Waals surface area (Å²) in [6, 6.07) is 13.9. The number of thiophene rings is 1. The van der Waals surface area contributed by atoms with E-state index in [0.29, 0.717) is 6.54 Å². The van der Waals surface area contributed by atoms with Crippen LogP contribution >= 0.6 is 11.3 Å². The van der Waals surface area contributed by atoms with E-state index in [9.17, 15) is 14.7 Å². The second-order valence-corrected chi connectivity index (χ2v) is 7.43. The van der Waals surface area contributed by atoms with Gasteiger partial charge in [-0.2, -0.15) is 0 Å². The summed E-state index contributed by atoms with van der Waals surface area (Å²) in [5.74, 6) is -1.45. The molecule has 3 aromatic rings. The molecule has 0 saturated carbocycles. The minimum atomic E-state index is -0.669. The van der Waals surface area contributed by atoms with Gasteiger partial charge < -0.3 is 14.4 Å². The van der Waals surface area contributed by atoms with Crippen molar-refractivity contribution >= 4 is 23.0 Å². The van der Waals surface area contributed by atoms with Crippen LogP contribution in [0.25, 0.3) is 0 Å². The lowest BCUT2D eigenvalue weighted by molar-refractivity contribution is -0.130. The molecule has 4 rings (SSSR count). The molecule has 0 saturated heterocycles. The molecule has 1 aliphatic rings. The number of furan rings is 1. The first-order valence-corrected chi connectivity index (χ1v) is 9.35. The molecule has 136 valence electrons. The molecule has 0 spiro atoms. The van der Waals surface area contributed by atoms with Crippen LogP contribution in [0.3, 0.4) is 0 Å². The summed E-state index contributed by atoms with van der Waals surface area (Å²) in [7, 11) is 0. The van der Waals surface area contributed by atoms with Crippen molar-refractivity contribution in [2.75, 3.05) is 0 Å². The van der Waals surface area contributed by atoms with Crippen molar-refractivity contribution < 1.29 is 19.1 Å². The molecule has 0 fully saturated rings. The summed E-state index contributed by atoms with van der Waals surface area (Å²) in [5.41, 5.74) is 1.84. The van der Waals surface area contributed by atoms with Gasteiger partial charge in [0.05, 0.1) is 24.4 Å². The molecule has 3 heterocycles. The summed E-state index contributed by atoms with van der Waals surface area (Å²) in [5, 5.41) is 12.5. The van der Waals surface area contributed by atoms with E-state index in [0.717, 1.165) is 16.0 Å². The SMILES string of the molecule is Cc1cccc(C2C(C(=O)c3ccco3)=C(O)C(=O)N2Cc2cccs2)c1. The Hall–Kier alpha value is -3.12. The monoisotopic (exact) mass is 379 g/mol. The normalized spacial score (nSPS) is 17.0. The summed E-state index contributed by atoms with van der Waals surface area (Å²) in [4.78, 5) is 28.3. The zero-order valence-electron chi connectivity index (χ0n) is 14.6. The summed E-state index contributed by atoms with van der Waals surface area (Å²) in [6.45, 7) is 2.26. The number of Topliss-reactive ketones (excluding diaryl/α,β-unsaturated/α-hetero) is 1. The number of amides is 1. The Morgan fingerprint density at radius 3 is 2.74 bits per heavy atom. The first-order chi connectivity index (χ1) is 13.1. The summed E-state index contributed by atoms with van der Waals surface area (Å²) >= 11 is 1.52. The minimum Gasteiger partial charge on any atom is -0.503 e. The summed E-state index contributed by atoms with van der Waals surface area (Å²) in [6.07, 6.45) is 1.40. The van der Waals surface area contributed by atoms with Gasteiger partial charge >= 0.3 is 0 Å². The number of aliphatic hydroxyl groups excluding tert-OH is 1. The maximum atomic E-state index is 13.0. The first kappa shape index (κ1) is 17.3. The predicted octanol–water partition coefficient (Wildman–Crippen LogP) is 4.43. The van der Waals surface area contributed by atoms with Crippen LogP contribution in [0, 0.1) is 6.92 Å². The molecule has 1 aliphatic heterocycles. The van der Waals surface area contributed by atoms with E-state index in [1.54, 1.807) is 6.07 Å². The van der Waals surface area contributed by atoms with E-state index in [2.05, 4.69) is 0 Å². The number of aliphatic hydroxyl groups is 1. The topological polar surface area (TPSA) is 70.7 Å². The van der Waals surface area contributed by atoms with Gasteiger partial charge in [-0.25, -0.2) is 0 Å². The van der Waals surface area contributed by atoms with Crippen molar-refractivity contribution in [2.24, 2.45) is 0 Å². The molecule has 0 bridgehead atoms. The zero-order chi connectivity index (χ0) is 19.0. The molecule has 1 aromatic carbocycles. The Kier molecular flexibility index (Phi) is 4.41. The van der Waals surface area contributed by atoms with E-state index in [-0.39, 0.29) is 11.3 Å². The largest absolute Gasteiger partial charge is 0.503 e. The van der Waals surface area contributed by atoms with Crippen LogP contribution in [-0.2, 0) is 11.3 Å². The second kappa shape index (κ2) is 6.89. The Bertz CT molecular complexity index is 1020. The number of carbonyl (C=O) groups excluding carboxylic acids is 2. The fourth-order valence-corrected chi connectivity index (χ4v) is 4.05. The van der Waals surface area contributed by atoms with Crippen LogP contribution < -0.4 is 0 Å². The average molecular weight is 379 g/mol. The molecule has 6 heteroatoms. The molecule has 27 heavy (non-hydrogen) atoms. The molecule has 2 aromatic heterocycles. The fraction of sp³-hybridized carbons (Fsp3) is 0.143. The van der Waals surface area contributed by atoms with Gasteiger partial charge in [0.2, 0.25) is 5.78 Å². The Morgan fingerprint density at radius 2 is 2.07 bits per heavy atom. The number of ketones is 1. The van der Waals surface area contributed by atoms with Gasteiger partial charge in [-0.15, -0.1) is 11.3 Å². The molecule has 5 nitrogen and oxygen atoms in total. The maximum Gasteiger partial charge on any atom is 0.290 e. The highest BCUT2D eigenvalue weighted by molar-refractivity contribution is 7.09. The van der Waals surface area contributed by atoms with Gasteiger partial charge in [-0.3, -0.25) is 9.59 Å². The standard InChI is InChI=1S/C21H17NO4S/c1-13-5-2-6-14(11-13)18-17(19(23)16-8-3-9-26-16)20(24)21(25)22(18)12-15-7-4-10-27-15/h2-11,18,24H,12H2,1H3. The average Bonchev–Trinajstić information content (AvgIpc) is 3.40. The molecular formula is C21H17NO4S. The number of aryl methyl sites for hydroxylation is 1. The number of hydrogen-bond acceptors (Lipinski definition) is 5. The number of benzene rings is 1. The highest BCUT2D eigenvalue weighted by Gasteiger charge is 2.44. The smallest absolute Gasteiger partial charge is 0.290 e. The Labute approximate surface area is 160 Å². The molecule has 1 amide bonds. The van der Waals surface area contributed by atoms with Crippen molar-refractivity contribution in [2.45, 2.75) is 19.5 Å². The lowest BCUT2D eigenvalue weighted by atomic mass is 9.94. The molecule has 0 radical (unpaired) electrons. The van der Waals surface area contributed by atoms with Crippen LogP contribution in [0.1, 0.15) is 32.6 Å². The number of rotatable bonds is 5. The van der Waals surface area contributed by atoms with Crippen LogP contribution in [-0.4, -0.2) is 21.7 Å². The number of nitrogens with zero attached hydrogens (tertiary/aromatic N) is 1. The van der Waals surface area contributed by atoms with E-state index in [4.69, 9.17) is 4.42 Å². The van der Waals surface area contributed by atoms with Crippen LogP contribution in [0.2, 0.25) is 0 Å². The van der Waals surface area contributed by atoms with Gasteiger partial charge in [0.1, 0.15) is 0 Å². The van der Waals surface area contributed by atoms with Gasteiger partial charge in [-0.05, 0) is 36.1 Å². The Balaban J connectivity index is 1.81.